The zero-order valence-corrected chi connectivity index (χ0v) is 13.6. The van der Waals surface area contributed by atoms with Crippen molar-refractivity contribution in [3.8, 4) is 0 Å². The second kappa shape index (κ2) is 12.1. The van der Waals surface area contributed by atoms with Crippen LogP contribution in [0.3, 0.4) is 0 Å². The zero-order valence-electron chi connectivity index (χ0n) is 11.3. The summed E-state index contributed by atoms with van der Waals surface area (Å²) in [4.78, 5) is 7.81. The van der Waals surface area contributed by atoms with Gasteiger partial charge in [0.2, 0.25) is 11.9 Å². The second-order valence-corrected chi connectivity index (χ2v) is 2.88. The Bertz CT molecular complexity index is 333. The van der Waals surface area contributed by atoms with E-state index in [2.05, 4.69) is 41.7 Å². The Morgan fingerprint density at radius 2 is 1.44 bits per heavy atom. The summed E-state index contributed by atoms with van der Waals surface area (Å²) in [6, 6.07) is 0. The third-order valence-electron chi connectivity index (χ3n) is 1.68. The van der Waals surface area contributed by atoms with Gasteiger partial charge in [0.15, 0.2) is 0 Å². The van der Waals surface area contributed by atoms with Gasteiger partial charge in [0.1, 0.15) is 0 Å². The van der Waals surface area contributed by atoms with E-state index in [1.54, 1.807) is 34.4 Å². The van der Waals surface area contributed by atoms with Crippen LogP contribution in [0.2, 0.25) is 0 Å². The minimum absolute atomic E-state index is 0. The van der Waals surface area contributed by atoms with Crippen molar-refractivity contribution in [2.75, 3.05) is 28.2 Å². The van der Waals surface area contributed by atoms with Crippen LogP contribution in [0, 0.1) is 0 Å². The molecule has 0 aliphatic heterocycles. The molecule has 8 nitrogen and oxygen atoms in total. The summed E-state index contributed by atoms with van der Waals surface area (Å²) in [5.74, 6) is 1.16. The highest BCUT2D eigenvalue weighted by Crippen LogP contribution is 1.72. The molecular formula is C9H21IN8. The van der Waals surface area contributed by atoms with Crippen LogP contribution in [0.15, 0.2) is 20.2 Å². The molecule has 104 valence electrons. The molecule has 0 saturated carbocycles. The summed E-state index contributed by atoms with van der Waals surface area (Å²) in [5, 5.41) is 13.7. The summed E-state index contributed by atoms with van der Waals surface area (Å²) in [6.07, 6.45) is 1.57. The van der Waals surface area contributed by atoms with Crippen molar-refractivity contribution in [2.45, 2.75) is 6.92 Å². The highest BCUT2D eigenvalue weighted by molar-refractivity contribution is 14.0. The van der Waals surface area contributed by atoms with Crippen molar-refractivity contribution in [3.63, 3.8) is 0 Å². The van der Waals surface area contributed by atoms with E-state index >= 15 is 0 Å². The van der Waals surface area contributed by atoms with E-state index in [0.717, 1.165) is 0 Å². The molecular weight excluding hydrogens is 347 g/mol. The molecule has 0 aromatic heterocycles. The molecule has 0 saturated heterocycles. The van der Waals surface area contributed by atoms with E-state index in [1.807, 2.05) is 6.92 Å². The van der Waals surface area contributed by atoms with Gasteiger partial charge in [-0.15, -0.1) is 24.0 Å². The number of halogens is 1. The molecule has 0 aliphatic rings. The Labute approximate surface area is 125 Å². The van der Waals surface area contributed by atoms with E-state index in [4.69, 9.17) is 0 Å². The topological polar surface area (TPSA) is 97.6 Å². The van der Waals surface area contributed by atoms with Crippen molar-refractivity contribution in [2.24, 2.45) is 20.2 Å². The quantitative estimate of drug-likeness (QED) is 0.235. The third kappa shape index (κ3) is 8.73. The molecule has 0 fully saturated rings. The summed E-state index contributed by atoms with van der Waals surface area (Å²) in [5.41, 5.74) is 6.16. The number of hydrogen-bond donors (Lipinski definition) is 4. The van der Waals surface area contributed by atoms with Crippen molar-refractivity contribution in [1.82, 2.24) is 21.5 Å². The SMILES string of the molecule is CN=C(NC)N/N=C(C)\C=N\NC(=NC)NC.I. The first-order chi connectivity index (χ1) is 8.17. The van der Waals surface area contributed by atoms with E-state index in [-0.39, 0.29) is 24.0 Å². The molecule has 0 bridgehead atoms. The lowest BCUT2D eigenvalue weighted by Gasteiger charge is -2.03. The van der Waals surface area contributed by atoms with Crippen LogP contribution in [0.5, 0.6) is 0 Å². The van der Waals surface area contributed by atoms with E-state index < -0.39 is 0 Å². The molecule has 0 rings (SSSR count). The van der Waals surface area contributed by atoms with Gasteiger partial charge in [-0.1, -0.05) is 0 Å². The maximum atomic E-state index is 4.04. The molecule has 0 atom stereocenters. The van der Waals surface area contributed by atoms with Gasteiger partial charge in [-0.05, 0) is 6.92 Å². The Kier molecular flexibility index (Phi) is 12.7. The molecule has 0 unspecified atom stereocenters. The molecule has 0 heterocycles. The van der Waals surface area contributed by atoms with Crippen molar-refractivity contribution in [3.05, 3.63) is 0 Å². The molecule has 0 aromatic carbocycles. The lowest BCUT2D eigenvalue weighted by atomic mass is 10.5. The smallest absolute Gasteiger partial charge is 0.211 e. The largest absolute Gasteiger partial charge is 0.358 e. The Hall–Kier alpha value is -1.39. The van der Waals surface area contributed by atoms with Gasteiger partial charge in [0, 0.05) is 28.2 Å². The average molecular weight is 368 g/mol. The normalized spacial score (nSPS) is 13.1. The Morgan fingerprint density at radius 1 is 0.944 bits per heavy atom. The van der Waals surface area contributed by atoms with Crippen LogP contribution < -0.4 is 21.5 Å². The van der Waals surface area contributed by atoms with Crippen LogP contribution in [0.1, 0.15) is 6.92 Å². The van der Waals surface area contributed by atoms with Gasteiger partial charge in [-0.3, -0.25) is 9.98 Å². The number of nitrogens with zero attached hydrogens (tertiary/aromatic N) is 4. The molecule has 18 heavy (non-hydrogen) atoms. The highest BCUT2D eigenvalue weighted by atomic mass is 127. The van der Waals surface area contributed by atoms with Crippen LogP contribution in [0.4, 0.5) is 0 Å². The van der Waals surface area contributed by atoms with Gasteiger partial charge >= 0.3 is 0 Å². The first-order valence-corrected chi connectivity index (χ1v) is 5.06. The Morgan fingerprint density at radius 3 is 1.89 bits per heavy atom. The minimum atomic E-state index is 0. The van der Waals surface area contributed by atoms with Gasteiger partial charge in [-0.2, -0.15) is 10.2 Å². The molecule has 0 aromatic rings. The number of aliphatic imine (C=N–C) groups is 2. The van der Waals surface area contributed by atoms with E-state index in [1.165, 1.54) is 0 Å². The van der Waals surface area contributed by atoms with Gasteiger partial charge < -0.3 is 10.6 Å². The predicted molar refractivity (Wildman–Crippen MR) is 88.1 cm³/mol. The second-order valence-electron chi connectivity index (χ2n) is 2.88. The molecule has 0 radical (unpaired) electrons. The number of guanidine groups is 2. The standard InChI is InChI=1S/C9H20N8.HI/c1-7(15-17-9(12-4)13-5)6-14-16-8(10-2)11-3;/h6H,1-5H3,(H2,10,11,16)(H2,12,13,17);1H/b14-6+,15-7-;. The maximum Gasteiger partial charge on any atom is 0.211 e. The van der Waals surface area contributed by atoms with E-state index in [0.29, 0.717) is 17.6 Å². The molecule has 0 amide bonds. The van der Waals surface area contributed by atoms with Gasteiger partial charge in [-0.25, -0.2) is 10.9 Å². The number of hydrazone groups is 2. The molecule has 0 aliphatic carbocycles. The first-order valence-electron chi connectivity index (χ1n) is 5.06. The fraction of sp³-hybridized carbons (Fsp3) is 0.556. The molecule has 0 spiro atoms. The Balaban J connectivity index is 0. The number of hydrogen-bond acceptors (Lipinski definition) is 4. The highest BCUT2D eigenvalue weighted by Gasteiger charge is 1.91. The molecule has 4 N–H and O–H groups in total. The van der Waals surface area contributed by atoms with Crippen LogP contribution in [-0.2, 0) is 0 Å². The third-order valence-corrected chi connectivity index (χ3v) is 1.68. The number of nitrogens with one attached hydrogen (secondary N) is 4. The van der Waals surface area contributed by atoms with Gasteiger partial charge in [0.05, 0.1) is 11.9 Å². The minimum Gasteiger partial charge on any atom is -0.358 e. The molecule has 9 heteroatoms. The van der Waals surface area contributed by atoms with Crippen LogP contribution in [-0.4, -0.2) is 52.0 Å². The monoisotopic (exact) mass is 368 g/mol. The maximum absolute atomic E-state index is 4.04. The van der Waals surface area contributed by atoms with Crippen LogP contribution >= 0.6 is 24.0 Å². The zero-order chi connectivity index (χ0) is 13.1. The van der Waals surface area contributed by atoms with E-state index in [9.17, 15) is 0 Å². The average Bonchev–Trinajstić information content (AvgIpc) is 2.36. The summed E-state index contributed by atoms with van der Waals surface area (Å²) >= 11 is 0. The number of rotatable bonds is 3. The fourth-order valence-corrected chi connectivity index (χ4v) is 0.792. The van der Waals surface area contributed by atoms with Crippen molar-refractivity contribution >= 4 is 47.8 Å². The lowest BCUT2D eigenvalue weighted by Crippen LogP contribution is -2.32. The summed E-state index contributed by atoms with van der Waals surface area (Å²) < 4.78 is 0. The fourth-order valence-electron chi connectivity index (χ4n) is 0.792. The van der Waals surface area contributed by atoms with Crippen molar-refractivity contribution < 1.29 is 0 Å². The van der Waals surface area contributed by atoms with Gasteiger partial charge in [0.25, 0.3) is 0 Å². The van der Waals surface area contributed by atoms with Crippen LogP contribution in [0.25, 0.3) is 0 Å². The lowest BCUT2D eigenvalue weighted by molar-refractivity contribution is 0.934. The first kappa shape index (κ1) is 19.0. The summed E-state index contributed by atoms with van der Waals surface area (Å²) in [7, 11) is 6.83. The predicted octanol–water partition coefficient (Wildman–Crippen LogP) is -0.444. The summed E-state index contributed by atoms with van der Waals surface area (Å²) in [6.45, 7) is 1.81. The van der Waals surface area contributed by atoms with Crippen molar-refractivity contribution in [1.29, 1.82) is 0 Å².